The van der Waals surface area contributed by atoms with Crippen molar-refractivity contribution < 1.29 is 12.7 Å². The average Bonchev–Trinajstić information content (AvgIpc) is 2.63. The van der Waals surface area contributed by atoms with Crippen LogP contribution in [-0.2, 0) is 12.7 Å². The molecule has 0 bridgehead atoms. The van der Waals surface area contributed by atoms with E-state index >= 15 is 0 Å². The van der Waals surface area contributed by atoms with Gasteiger partial charge < -0.3 is 12.7 Å². The van der Waals surface area contributed by atoms with Crippen LogP contribution < -0.4 is 0 Å². The molecule has 0 rings (SSSR count). The molecule has 0 aromatic rings. The van der Waals surface area contributed by atoms with Crippen LogP contribution in [0.5, 0.6) is 0 Å². The maximum Gasteiger partial charge on any atom is 0.307 e. The van der Waals surface area contributed by atoms with Crippen molar-refractivity contribution in [3.63, 3.8) is 0 Å². The molecular formula is C19H48O3Si4. The molecule has 0 N–H and O–H groups in total. The van der Waals surface area contributed by atoms with Crippen molar-refractivity contribution in [3.8, 4) is 0 Å². The zero-order valence-corrected chi connectivity index (χ0v) is 24.2. The number of rotatable bonds is 20. The van der Waals surface area contributed by atoms with Gasteiger partial charge in [-0.3, -0.25) is 0 Å². The Morgan fingerprint density at radius 2 is 1.19 bits per heavy atom. The highest BCUT2D eigenvalue weighted by Gasteiger charge is 2.22. The first kappa shape index (κ1) is 26.7. The summed E-state index contributed by atoms with van der Waals surface area (Å²) in [4.78, 5) is 0. The van der Waals surface area contributed by atoms with Gasteiger partial charge in [0.2, 0.25) is 0 Å². The van der Waals surface area contributed by atoms with Crippen LogP contribution in [0.3, 0.4) is 0 Å². The van der Waals surface area contributed by atoms with Crippen molar-refractivity contribution in [1.29, 1.82) is 0 Å². The smallest absolute Gasteiger partial charge is 0.307 e. The molecule has 0 aliphatic rings. The molecule has 0 spiro atoms. The summed E-state index contributed by atoms with van der Waals surface area (Å²) in [5.41, 5.74) is 0. The maximum atomic E-state index is 6.03. The summed E-state index contributed by atoms with van der Waals surface area (Å²) < 4.78 is 17.6. The quantitative estimate of drug-likeness (QED) is 0.209. The average molecular weight is 437 g/mol. The van der Waals surface area contributed by atoms with Gasteiger partial charge in [0.1, 0.15) is 10.5 Å². The van der Waals surface area contributed by atoms with E-state index in [2.05, 4.69) is 26.6 Å². The van der Waals surface area contributed by atoms with Gasteiger partial charge in [-0.25, -0.2) is 0 Å². The van der Waals surface area contributed by atoms with Crippen LogP contribution in [0.2, 0.25) is 19.6 Å². The van der Waals surface area contributed by atoms with Crippen LogP contribution in [0.1, 0.15) is 96.8 Å². The Balaban J connectivity index is 3.19. The van der Waals surface area contributed by atoms with Gasteiger partial charge in [-0.2, -0.15) is 0 Å². The molecule has 0 fully saturated rings. The minimum atomic E-state index is -1.40. The van der Waals surface area contributed by atoms with Crippen LogP contribution >= 0.6 is 0 Å². The highest BCUT2D eigenvalue weighted by Crippen LogP contribution is 2.13. The second kappa shape index (κ2) is 19.1. The van der Waals surface area contributed by atoms with E-state index in [1.165, 1.54) is 89.9 Å². The predicted molar refractivity (Wildman–Crippen MR) is 127 cm³/mol. The second-order valence-electron chi connectivity index (χ2n) is 8.31. The predicted octanol–water partition coefficient (Wildman–Crippen LogP) is 4.43. The Hall–Kier alpha value is 0.748. The van der Waals surface area contributed by atoms with E-state index in [0.29, 0.717) is 0 Å². The zero-order valence-electron chi connectivity index (χ0n) is 18.6. The molecule has 0 aromatic carbocycles. The third-order valence-corrected chi connectivity index (χ3v) is 19.6. The highest BCUT2D eigenvalue weighted by atomic mass is 29.2. The van der Waals surface area contributed by atoms with E-state index < -0.39 is 26.4 Å². The maximum absolute atomic E-state index is 6.03. The first-order chi connectivity index (χ1) is 12.5. The fraction of sp³-hybridized carbons (Fsp3) is 1.00. The van der Waals surface area contributed by atoms with Gasteiger partial charge in [-0.05, 0) is 26.1 Å². The van der Waals surface area contributed by atoms with E-state index in [1.807, 2.05) is 0 Å². The lowest BCUT2D eigenvalue weighted by Gasteiger charge is -2.22. The summed E-state index contributed by atoms with van der Waals surface area (Å²) >= 11 is 0. The van der Waals surface area contributed by atoms with Crippen LogP contribution in [0.25, 0.3) is 0 Å². The summed E-state index contributed by atoms with van der Waals surface area (Å²) in [6, 6.07) is 0. The lowest BCUT2D eigenvalue weighted by molar-refractivity contribution is 0.265. The molecule has 0 aliphatic heterocycles. The summed E-state index contributed by atoms with van der Waals surface area (Å²) in [5, 5.41) is 0. The molecule has 0 saturated carbocycles. The Kier molecular flexibility index (Phi) is 19.6. The Morgan fingerprint density at radius 3 is 1.62 bits per heavy atom. The minimum Gasteiger partial charge on any atom is -0.464 e. The summed E-state index contributed by atoms with van der Waals surface area (Å²) in [6.07, 6.45) is 19.7. The topological polar surface area (TPSA) is 27.7 Å². The summed E-state index contributed by atoms with van der Waals surface area (Å²) in [5.74, 6) is 0. The largest absolute Gasteiger partial charge is 0.464 e. The van der Waals surface area contributed by atoms with Crippen molar-refractivity contribution in [2.75, 3.05) is 6.61 Å². The van der Waals surface area contributed by atoms with E-state index in [4.69, 9.17) is 12.7 Å². The van der Waals surface area contributed by atoms with Crippen molar-refractivity contribution in [2.45, 2.75) is 116 Å². The lowest BCUT2D eigenvalue weighted by Crippen LogP contribution is -2.42. The van der Waals surface area contributed by atoms with Crippen LogP contribution in [0, 0.1) is 0 Å². The third-order valence-electron chi connectivity index (χ3n) is 5.07. The van der Waals surface area contributed by atoms with Gasteiger partial charge >= 0.3 is 9.28 Å². The molecule has 7 heteroatoms. The fourth-order valence-corrected chi connectivity index (χ4v) is 13.7. The van der Waals surface area contributed by atoms with E-state index in [-0.39, 0.29) is 0 Å². The van der Waals surface area contributed by atoms with Crippen LogP contribution in [0.15, 0.2) is 0 Å². The molecule has 0 radical (unpaired) electrons. The molecule has 0 heterocycles. The molecule has 1 unspecified atom stereocenters. The van der Waals surface area contributed by atoms with Crippen molar-refractivity contribution in [1.82, 2.24) is 0 Å². The summed E-state index contributed by atoms with van der Waals surface area (Å²) in [6.45, 7) is 9.93. The van der Waals surface area contributed by atoms with E-state index in [9.17, 15) is 0 Å². The standard InChI is InChI=1S/C19H48O3Si4/c1-5-6-7-8-9-10-11-12-13-14-15-16-17-18-19-20-25(2)22-24-26(3,4)21-23/h25H,5-19,24H2,1-4,23H3. The molecule has 0 saturated heterocycles. The van der Waals surface area contributed by atoms with E-state index in [0.717, 1.165) is 17.1 Å². The third kappa shape index (κ3) is 19.5. The van der Waals surface area contributed by atoms with Gasteiger partial charge in [-0.1, -0.05) is 90.4 Å². The molecule has 0 aliphatic carbocycles. The Bertz CT molecular complexity index is 294. The minimum absolute atomic E-state index is 0.486. The molecule has 0 aromatic heterocycles. The Labute approximate surface area is 172 Å². The van der Waals surface area contributed by atoms with Gasteiger partial charge in [0, 0.05) is 6.61 Å². The molecular weight excluding hydrogens is 389 g/mol. The number of hydrogen-bond acceptors (Lipinski definition) is 3. The van der Waals surface area contributed by atoms with Gasteiger partial charge in [-0.15, -0.1) is 0 Å². The molecule has 3 nitrogen and oxygen atoms in total. The summed E-state index contributed by atoms with van der Waals surface area (Å²) in [7, 11) is -2.41. The highest BCUT2D eigenvalue weighted by molar-refractivity contribution is 7.19. The van der Waals surface area contributed by atoms with Crippen LogP contribution in [-0.4, -0.2) is 43.5 Å². The van der Waals surface area contributed by atoms with E-state index in [1.54, 1.807) is 0 Å². The van der Waals surface area contributed by atoms with Gasteiger partial charge in [0.25, 0.3) is 0 Å². The van der Waals surface area contributed by atoms with Crippen molar-refractivity contribution >= 4 is 36.9 Å². The molecule has 26 heavy (non-hydrogen) atoms. The van der Waals surface area contributed by atoms with Crippen LogP contribution in [0.4, 0.5) is 0 Å². The first-order valence-corrected chi connectivity index (χ1v) is 20.0. The molecule has 158 valence electrons. The Morgan fingerprint density at radius 1 is 0.769 bits per heavy atom. The number of hydrogen-bond donors (Lipinski definition) is 0. The van der Waals surface area contributed by atoms with Gasteiger partial charge in [0.05, 0.1) is 0 Å². The molecule has 1 atom stereocenters. The SMILES string of the molecule is CCCCCCCCCCCCCCCCO[SiH](C)O[SiH2][Si](C)(C)O[SiH3]. The number of unbranched alkanes of at least 4 members (excludes halogenated alkanes) is 13. The zero-order chi connectivity index (χ0) is 19.5. The van der Waals surface area contributed by atoms with Gasteiger partial charge in [0.15, 0.2) is 17.1 Å². The van der Waals surface area contributed by atoms with Crippen molar-refractivity contribution in [3.05, 3.63) is 0 Å². The second-order valence-corrected chi connectivity index (χ2v) is 22.5. The fourth-order valence-electron chi connectivity index (χ4n) is 2.97. The molecule has 0 amide bonds. The lowest BCUT2D eigenvalue weighted by atomic mass is 10.0. The van der Waals surface area contributed by atoms with Crippen molar-refractivity contribution in [2.24, 2.45) is 0 Å². The monoisotopic (exact) mass is 436 g/mol. The first-order valence-electron chi connectivity index (χ1n) is 11.3. The normalized spacial score (nSPS) is 13.8.